The number of rotatable bonds is 3. The van der Waals surface area contributed by atoms with E-state index in [2.05, 4.69) is 20.8 Å². The maximum Gasteiger partial charge on any atom is 0.0470 e. The Labute approximate surface area is 71.4 Å². The summed E-state index contributed by atoms with van der Waals surface area (Å²) in [7, 11) is 0.137. The summed E-state index contributed by atoms with van der Waals surface area (Å²) in [6.07, 6.45) is 0. The molecular formula is C6H15SiTe. The van der Waals surface area contributed by atoms with Gasteiger partial charge in [0.1, 0.15) is 0 Å². The van der Waals surface area contributed by atoms with Gasteiger partial charge < -0.3 is 0 Å². The summed E-state index contributed by atoms with van der Waals surface area (Å²) in [5.41, 5.74) is 0. The fraction of sp³-hybridized carbons (Fsp3) is 1.00. The van der Waals surface area contributed by atoms with Crippen LogP contribution in [0.3, 0.4) is 0 Å². The van der Waals surface area contributed by atoms with E-state index in [9.17, 15) is 0 Å². The second kappa shape index (κ2) is 8.01. The second-order valence-corrected chi connectivity index (χ2v) is 5.43. The third kappa shape index (κ3) is 5.15. The normalized spacial score (nSPS) is 9.00. The molecule has 0 amide bonds. The van der Waals surface area contributed by atoms with Gasteiger partial charge in [0.25, 0.3) is 0 Å². The van der Waals surface area contributed by atoms with Crippen LogP contribution in [-0.2, 0) is 0 Å². The van der Waals surface area contributed by atoms with Crippen molar-refractivity contribution in [3.63, 3.8) is 0 Å². The Morgan fingerprint density at radius 3 is 1.12 bits per heavy atom. The molecule has 0 nitrogen and oxygen atoms in total. The van der Waals surface area contributed by atoms with E-state index in [-0.39, 0.29) is 32.5 Å². The standard InChI is InChI=1S/C6H15Si.Te/c1-4-7(5-2)6-3;/h4-6H2,1-3H3;. The summed E-state index contributed by atoms with van der Waals surface area (Å²) < 4.78 is 0. The van der Waals surface area contributed by atoms with Crippen molar-refractivity contribution in [3.8, 4) is 0 Å². The maximum atomic E-state index is 2.31. The minimum absolute atomic E-state index is 0. The fourth-order valence-corrected chi connectivity index (χ4v) is 2.25. The van der Waals surface area contributed by atoms with E-state index in [4.69, 9.17) is 0 Å². The zero-order valence-corrected chi connectivity index (χ0v) is 9.36. The van der Waals surface area contributed by atoms with E-state index >= 15 is 0 Å². The Morgan fingerprint density at radius 1 is 0.875 bits per heavy atom. The van der Waals surface area contributed by atoms with Gasteiger partial charge in [-0.3, -0.25) is 0 Å². The molecule has 0 aromatic heterocycles. The zero-order chi connectivity index (χ0) is 5.70. The summed E-state index contributed by atoms with van der Waals surface area (Å²) in [6, 6.07) is 4.37. The molecule has 49 valence electrons. The average Bonchev–Trinajstić information content (AvgIpc) is 1.72. The van der Waals surface area contributed by atoms with Gasteiger partial charge in [-0.1, -0.05) is 38.9 Å². The molecule has 0 aliphatic carbocycles. The van der Waals surface area contributed by atoms with E-state index in [1.54, 1.807) is 0 Å². The zero-order valence-electron chi connectivity index (χ0n) is 6.03. The fourth-order valence-electron chi connectivity index (χ4n) is 0.750. The maximum absolute atomic E-state index is 2.31. The molecule has 0 unspecified atom stereocenters. The molecule has 0 aromatic carbocycles. The Balaban J connectivity index is 0. The molecule has 0 aliphatic rings. The quantitative estimate of drug-likeness (QED) is 0.666. The van der Waals surface area contributed by atoms with Gasteiger partial charge in [0, 0.05) is 32.5 Å². The molecule has 8 heavy (non-hydrogen) atoms. The van der Waals surface area contributed by atoms with E-state index < -0.39 is 0 Å². The molecule has 0 N–H and O–H groups in total. The van der Waals surface area contributed by atoms with Crippen LogP contribution in [0.1, 0.15) is 20.8 Å². The molecule has 0 atom stereocenters. The largest absolute Gasteiger partial charge is 0.0680 e. The summed E-state index contributed by atoms with van der Waals surface area (Å²) in [6.45, 7) is 6.92. The first kappa shape index (κ1) is 11.8. The van der Waals surface area contributed by atoms with Gasteiger partial charge in [0.05, 0.1) is 0 Å². The van der Waals surface area contributed by atoms with Crippen molar-refractivity contribution in [2.24, 2.45) is 0 Å². The van der Waals surface area contributed by atoms with Gasteiger partial charge in [0.15, 0.2) is 0 Å². The van der Waals surface area contributed by atoms with Crippen molar-refractivity contribution < 1.29 is 0 Å². The van der Waals surface area contributed by atoms with E-state index in [0.29, 0.717) is 0 Å². The van der Waals surface area contributed by atoms with E-state index in [1.807, 2.05) is 0 Å². The van der Waals surface area contributed by atoms with Gasteiger partial charge in [-0.2, -0.15) is 0 Å². The SMILES string of the molecule is CC[Si](CC)CC.[Te]. The predicted molar refractivity (Wildman–Crippen MR) is 43.0 cm³/mol. The first-order valence-electron chi connectivity index (χ1n) is 3.18. The van der Waals surface area contributed by atoms with Crippen LogP contribution in [0.4, 0.5) is 0 Å². The Hall–Kier alpha value is 1.01. The first-order chi connectivity index (χ1) is 3.35. The minimum atomic E-state index is 0. The van der Waals surface area contributed by atoms with Gasteiger partial charge >= 0.3 is 0 Å². The van der Waals surface area contributed by atoms with Gasteiger partial charge in [0.2, 0.25) is 0 Å². The Morgan fingerprint density at radius 2 is 1.12 bits per heavy atom. The molecule has 2 heteroatoms. The van der Waals surface area contributed by atoms with Crippen LogP contribution in [0, 0.1) is 0 Å². The first-order valence-corrected chi connectivity index (χ1v) is 5.30. The Bertz CT molecular complexity index is 30.0. The minimum Gasteiger partial charge on any atom is -0.0680 e. The molecule has 0 spiro atoms. The monoisotopic (exact) mass is 245 g/mol. The summed E-state index contributed by atoms with van der Waals surface area (Å²) in [4.78, 5) is 0. The average molecular weight is 243 g/mol. The van der Waals surface area contributed by atoms with Crippen molar-refractivity contribution in [1.29, 1.82) is 0 Å². The van der Waals surface area contributed by atoms with Crippen LogP contribution >= 0.6 is 0 Å². The summed E-state index contributed by atoms with van der Waals surface area (Å²) in [5.74, 6) is 0. The predicted octanol–water partition coefficient (Wildman–Crippen LogP) is 2.16. The molecule has 0 aliphatic heterocycles. The van der Waals surface area contributed by atoms with Crippen LogP contribution < -0.4 is 0 Å². The van der Waals surface area contributed by atoms with E-state index in [0.717, 1.165) is 0 Å². The van der Waals surface area contributed by atoms with Gasteiger partial charge in [-0.05, 0) is 0 Å². The van der Waals surface area contributed by atoms with Crippen LogP contribution in [0.25, 0.3) is 0 Å². The third-order valence-corrected chi connectivity index (χ3v) is 4.50. The molecule has 0 rings (SSSR count). The smallest absolute Gasteiger partial charge is 0.0470 e. The molecule has 0 saturated heterocycles. The van der Waals surface area contributed by atoms with Crippen LogP contribution in [0.15, 0.2) is 0 Å². The van der Waals surface area contributed by atoms with Crippen molar-refractivity contribution in [2.75, 3.05) is 0 Å². The van der Waals surface area contributed by atoms with Crippen molar-refractivity contribution in [3.05, 3.63) is 0 Å². The summed E-state index contributed by atoms with van der Waals surface area (Å²) >= 11 is 0. The van der Waals surface area contributed by atoms with E-state index in [1.165, 1.54) is 18.1 Å². The van der Waals surface area contributed by atoms with Crippen LogP contribution in [-0.4, -0.2) is 32.5 Å². The molecule has 0 heterocycles. The second-order valence-electron chi connectivity index (χ2n) is 1.81. The topological polar surface area (TPSA) is 0 Å². The van der Waals surface area contributed by atoms with Crippen molar-refractivity contribution in [1.82, 2.24) is 0 Å². The molecule has 3 radical (unpaired) electrons. The molecular weight excluding hydrogens is 228 g/mol. The number of hydrogen-bond donors (Lipinski definition) is 0. The van der Waals surface area contributed by atoms with Gasteiger partial charge in [-0.15, -0.1) is 0 Å². The Kier molecular flexibility index (Phi) is 11.8. The van der Waals surface area contributed by atoms with Crippen molar-refractivity contribution in [2.45, 2.75) is 38.9 Å². The third-order valence-electron chi connectivity index (χ3n) is 1.50. The molecule has 0 fully saturated rings. The molecule has 0 bridgehead atoms. The van der Waals surface area contributed by atoms with Crippen LogP contribution in [0.2, 0.25) is 18.1 Å². The van der Waals surface area contributed by atoms with Gasteiger partial charge in [-0.25, -0.2) is 0 Å². The summed E-state index contributed by atoms with van der Waals surface area (Å²) in [5, 5.41) is 0. The number of hydrogen-bond acceptors (Lipinski definition) is 0. The van der Waals surface area contributed by atoms with Crippen LogP contribution in [0.5, 0.6) is 0 Å². The molecule has 0 saturated carbocycles. The van der Waals surface area contributed by atoms with Crippen molar-refractivity contribution >= 4 is 32.5 Å². The molecule has 0 aromatic rings.